The molecule has 1 amide bonds. The Bertz CT molecular complexity index is 837. The third-order valence-electron chi connectivity index (χ3n) is 3.05. The molecule has 0 spiro atoms. The van der Waals surface area contributed by atoms with Gasteiger partial charge in [0.05, 0.1) is 10.7 Å². The molecule has 0 saturated carbocycles. The summed E-state index contributed by atoms with van der Waals surface area (Å²) in [6.07, 6.45) is 0. The highest BCUT2D eigenvalue weighted by atomic mass is 35.5. The van der Waals surface area contributed by atoms with Crippen molar-refractivity contribution in [3.8, 4) is 0 Å². The van der Waals surface area contributed by atoms with Crippen LogP contribution in [0.4, 0.5) is 9.52 Å². The molecule has 0 saturated heterocycles. The Labute approximate surface area is 133 Å². The van der Waals surface area contributed by atoms with Gasteiger partial charge in [-0.25, -0.2) is 9.37 Å². The lowest BCUT2D eigenvalue weighted by atomic mass is 10.2. The minimum atomic E-state index is -0.349. The van der Waals surface area contributed by atoms with Crippen molar-refractivity contribution in [2.45, 2.75) is 13.8 Å². The molecular weight excluding hydrogens is 331 g/mol. The fourth-order valence-corrected chi connectivity index (χ4v) is 4.11. The quantitative estimate of drug-likeness (QED) is 0.711. The molecule has 0 unspecified atom stereocenters. The first kappa shape index (κ1) is 14.4. The lowest BCUT2D eigenvalue weighted by Crippen LogP contribution is -2.10. The average Bonchev–Trinajstić information content (AvgIpc) is 2.90. The second-order valence-electron chi connectivity index (χ2n) is 4.50. The molecule has 2 heterocycles. The number of hydrogen-bond acceptors (Lipinski definition) is 4. The normalized spacial score (nSPS) is 11.0. The van der Waals surface area contributed by atoms with Gasteiger partial charge in [-0.05, 0) is 32.0 Å². The SMILES string of the molecule is Cc1nc(NC(=O)c2sc3cc(F)ccc3c2Cl)sc1C. The highest BCUT2D eigenvalue weighted by molar-refractivity contribution is 7.22. The molecule has 2 aromatic heterocycles. The van der Waals surface area contributed by atoms with Gasteiger partial charge in [-0.1, -0.05) is 11.6 Å². The predicted octanol–water partition coefficient (Wildman–Crippen LogP) is 5.02. The van der Waals surface area contributed by atoms with Crippen molar-refractivity contribution >= 4 is 55.4 Å². The van der Waals surface area contributed by atoms with Gasteiger partial charge in [0.15, 0.2) is 5.13 Å². The first-order valence-corrected chi connectivity index (χ1v) is 8.09. The van der Waals surface area contributed by atoms with Gasteiger partial charge in [0.2, 0.25) is 0 Å². The van der Waals surface area contributed by atoms with E-state index in [1.807, 2.05) is 13.8 Å². The maximum absolute atomic E-state index is 13.2. The zero-order chi connectivity index (χ0) is 15.1. The Morgan fingerprint density at radius 2 is 2.10 bits per heavy atom. The number of aromatic nitrogens is 1. The molecule has 0 aliphatic heterocycles. The van der Waals surface area contributed by atoms with Gasteiger partial charge >= 0.3 is 0 Å². The van der Waals surface area contributed by atoms with E-state index in [-0.39, 0.29) is 11.7 Å². The van der Waals surface area contributed by atoms with Crippen molar-refractivity contribution in [1.29, 1.82) is 0 Å². The van der Waals surface area contributed by atoms with E-state index < -0.39 is 0 Å². The zero-order valence-corrected chi connectivity index (χ0v) is 13.5. The summed E-state index contributed by atoms with van der Waals surface area (Å²) in [5.74, 6) is -0.672. The summed E-state index contributed by atoms with van der Waals surface area (Å²) in [5, 5.41) is 4.30. The number of hydrogen-bond donors (Lipinski definition) is 1. The summed E-state index contributed by atoms with van der Waals surface area (Å²) < 4.78 is 13.9. The van der Waals surface area contributed by atoms with E-state index in [0.29, 0.717) is 25.1 Å². The van der Waals surface area contributed by atoms with Crippen molar-refractivity contribution in [3.05, 3.63) is 44.5 Å². The molecule has 0 fully saturated rings. The molecule has 7 heteroatoms. The van der Waals surface area contributed by atoms with Crippen LogP contribution in [0.15, 0.2) is 18.2 Å². The summed E-state index contributed by atoms with van der Waals surface area (Å²) in [6, 6.07) is 4.29. The number of carbonyl (C=O) groups excluding carboxylic acids is 1. The van der Waals surface area contributed by atoms with E-state index in [2.05, 4.69) is 10.3 Å². The van der Waals surface area contributed by atoms with Crippen LogP contribution in [0.2, 0.25) is 5.02 Å². The number of benzene rings is 1. The van der Waals surface area contributed by atoms with Crippen LogP contribution in [0, 0.1) is 19.7 Å². The maximum atomic E-state index is 13.2. The summed E-state index contributed by atoms with van der Waals surface area (Å²) in [7, 11) is 0. The number of thiazole rings is 1. The number of halogens is 2. The molecule has 1 N–H and O–H groups in total. The molecule has 0 radical (unpaired) electrons. The van der Waals surface area contributed by atoms with E-state index >= 15 is 0 Å². The molecular formula is C14H10ClFN2OS2. The largest absolute Gasteiger partial charge is 0.297 e. The Kier molecular flexibility index (Phi) is 3.69. The molecule has 0 bridgehead atoms. The summed E-state index contributed by atoms with van der Waals surface area (Å²) in [5.41, 5.74) is 0.889. The van der Waals surface area contributed by atoms with Crippen LogP contribution in [0.25, 0.3) is 10.1 Å². The van der Waals surface area contributed by atoms with E-state index in [1.54, 1.807) is 6.07 Å². The lowest BCUT2D eigenvalue weighted by molar-refractivity contribution is 0.103. The van der Waals surface area contributed by atoms with Crippen molar-refractivity contribution in [3.63, 3.8) is 0 Å². The van der Waals surface area contributed by atoms with E-state index in [4.69, 9.17) is 11.6 Å². The maximum Gasteiger partial charge on any atom is 0.269 e. The fourth-order valence-electron chi connectivity index (χ4n) is 1.87. The monoisotopic (exact) mass is 340 g/mol. The van der Waals surface area contributed by atoms with Gasteiger partial charge in [0.1, 0.15) is 10.7 Å². The second kappa shape index (κ2) is 5.36. The molecule has 0 aliphatic rings. The number of nitrogens with zero attached hydrogens (tertiary/aromatic N) is 1. The van der Waals surface area contributed by atoms with Gasteiger partial charge < -0.3 is 0 Å². The number of carbonyl (C=O) groups is 1. The topological polar surface area (TPSA) is 42.0 Å². The number of nitrogens with one attached hydrogen (secondary N) is 1. The first-order chi connectivity index (χ1) is 9.95. The van der Waals surface area contributed by atoms with E-state index in [1.165, 1.54) is 34.8 Å². The van der Waals surface area contributed by atoms with Gasteiger partial charge in [0, 0.05) is 15.0 Å². The molecule has 108 valence electrons. The number of fused-ring (bicyclic) bond motifs is 1. The molecule has 0 aliphatic carbocycles. The van der Waals surface area contributed by atoms with Gasteiger partial charge in [0.25, 0.3) is 5.91 Å². The number of thiophene rings is 1. The summed E-state index contributed by atoms with van der Waals surface area (Å²) in [6.45, 7) is 3.83. The van der Waals surface area contributed by atoms with Crippen LogP contribution in [0.5, 0.6) is 0 Å². The van der Waals surface area contributed by atoms with Crippen molar-refractivity contribution < 1.29 is 9.18 Å². The molecule has 3 nitrogen and oxygen atoms in total. The minimum Gasteiger partial charge on any atom is -0.297 e. The van der Waals surface area contributed by atoms with Crippen LogP contribution in [-0.2, 0) is 0 Å². The smallest absolute Gasteiger partial charge is 0.269 e. The number of amides is 1. The van der Waals surface area contributed by atoms with E-state index in [0.717, 1.165) is 10.6 Å². The number of anilines is 1. The Balaban J connectivity index is 1.96. The Morgan fingerprint density at radius 1 is 1.33 bits per heavy atom. The second-order valence-corrected chi connectivity index (χ2v) is 7.13. The molecule has 21 heavy (non-hydrogen) atoms. The predicted molar refractivity (Wildman–Crippen MR) is 86.3 cm³/mol. The molecule has 1 aromatic carbocycles. The number of aryl methyl sites for hydroxylation is 2. The third-order valence-corrected chi connectivity index (χ3v) is 5.69. The van der Waals surface area contributed by atoms with Gasteiger partial charge in [-0.2, -0.15) is 0 Å². The van der Waals surface area contributed by atoms with Gasteiger partial charge in [-0.15, -0.1) is 22.7 Å². The van der Waals surface area contributed by atoms with Crippen molar-refractivity contribution in [2.75, 3.05) is 5.32 Å². The van der Waals surface area contributed by atoms with Crippen LogP contribution < -0.4 is 5.32 Å². The number of rotatable bonds is 2. The van der Waals surface area contributed by atoms with Crippen LogP contribution >= 0.6 is 34.3 Å². The lowest BCUT2D eigenvalue weighted by Gasteiger charge is -1.99. The third kappa shape index (κ3) is 2.66. The zero-order valence-electron chi connectivity index (χ0n) is 11.2. The van der Waals surface area contributed by atoms with Crippen LogP contribution in [0.3, 0.4) is 0 Å². The summed E-state index contributed by atoms with van der Waals surface area (Å²) in [4.78, 5) is 18.0. The van der Waals surface area contributed by atoms with Crippen molar-refractivity contribution in [1.82, 2.24) is 4.98 Å². The molecule has 3 rings (SSSR count). The minimum absolute atomic E-state index is 0.324. The van der Waals surface area contributed by atoms with Crippen LogP contribution in [-0.4, -0.2) is 10.9 Å². The summed E-state index contributed by atoms with van der Waals surface area (Å²) >= 11 is 8.80. The van der Waals surface area contributed by atoms with Gasteiger partial charge in [-0.3, -0.25) is 10.1 Å². The average molecular weight is 341 g/mol. The van der Waals surface area contributed by atoms with E-state index in [9.17, 15) is 9.18 Å². The Morgan fingerprint density at radius 3 is 2.76 bits per heavy atom. The fraction of sp³-hybridized carbons (Fsp3) is 0.143. The Hall–Kier alpha value is -1.50. The van der Waals surface area contributed by atoms with Crippen molar-refractivity contribution in [2.24, 2.45) is 0 Å². The first-order valence-electron chi connectivity index (χ1n) is 6.08. The van der Waals surface area contributed by atoms with Crippen LogP contribution in [0.1, 0.15) is 20.2 Å². The standard InChI is InChI=1S/C14H10ClFN2OS2/c1-6-7(2)20-14(17-6)18-13(19)12-11(15)9-4-3-8(16)5-10(9)21-12/h3-5H,1-2H3,(H,17,18,19). The highest BCUT2D eigenvalue weighted by Crippen LogP contribution is 2.36. The molecule has 3 aromatic rings. The molecule has 0 atom stereocenters. The highest BCUT2D eigenvalue weighted by Gasteiger charge is 2.18.